The first-order valence-electron chi connectivity index (χ1n) is 8.30. The summed E-state index contributed by atoms with van der Waals surface area (Å²) < 4.78 is 31.1. The molecule has 2 aliphatic heterocycles. The van der Waals surface area contributed by atoms with Gasteiger partial charge in [0, 0.05) is 31.1 Å². The van der Waals surface area contributed by atoms with Crippen molar-refractivity contribution in [2.75, 3.05) is 26.2 Å². The number of fused-ring (bicyclic) bond motifs is 1. The molecule has 0 spiro atoms. The zero-order valence-electron chi connectivity index (χ0n) is 13.6. The van der Waals surface area contributed by atoms with E-state index in [-0.39, 0.29) is 42.8 Å². The van der Waals surface area contributed by atoms with Crippen LogP contribution in [0.5, 0.6) is 5.75 Å². The van der Waals surface area contributed by atoms with Crippen molar-refractivity contribution in [1.82, 2.24) is 21.5 Å². The molecular formula is C16H22F2N4O3. The van der Waals surface area contributed by atoms with Crippen molar-refractivity contribution >= 4 is 5.91 Å². The van der Waals surface area contributed by atoms with Gasteiger partial charge in [-0.05, 0) is 25.1 Å². The van der Waals surface area contributed by atoms with Crippen LogP contribution in [0, 0.1) is 17.6 Å². The van der Waals surface area contributed by atoms with Crippen LogP contribution in [0.2, 0.25) is 0 Å². The van der Waals surface area contributed by atoms with E-state index in [0.29, 0.717) is 0 Å². The molecule has 5 N–H and O–H groups in total. The molecule has 4 unspecified atom stereocenters. The second-order valence-electron chi connectivity index (χ2n) is 6.32. The number of aliphatic hydroxyl groups is 1. The third-order valence-electron chi connectivity index (χ3n) is 4.51. The number of hydrogen-bond acceptors (Lipinski definition) is 6. The van der Waals surface area contributed by atoms with Crippen molar-refractivity contribution in [3.05, 3.63) is 29.8 Å². The molecule has 1 aromatic carbocycles. The highest BCUT2D eigenvalue weighted by Gasteiger charge is 2.41. The quantitative estimate of drug-likeness (QED) is 0.462. The first-order valence-corrected chi connectivity index (χ1v) is 8.30. The lowest BCUT2D eigenvalue weighted by Crippen LogP contribution is -2.50. The molecule has 0 radical (unpaired) electrons. The molecule has 9 heteroatoms. The molecule has 1 aromatic rings. The fraction of sp³-hybridized carbons (Fsp3) is 0.562. The molecule has 2 saturated heterocycles. The highest BCUT2D eigenvalue weighted by atomic mass is 19.2. The summed E-state index contributed by atoms with van der Waals surface area (Å²) in [5.74, 6) is -1.91. The summed E-state index contributed by atoms with van der Waals surface area (Å²) in [5.41, 5.74) is 6.13. The van der Waals surface area contributed by atoms with Gasteiger partial charge in [0.2, 0.25) is 5.91 Å². The zero-order valence-corrected chi connectivity index (χ0v) is 13.6. The number of hydrazine groups is 1. The van der Waals surface area contributed by atoms with Crippen molar-refractivity contribution in [2.45, 2.75) is 24.6 Å². The van der Waals surface area contributed by atoms with Gasteiger partial charge in [-0.3, -0.25) is 10.2 Å². The average molecular weight is 356 g/mol. The van der Waals surface area contributed by atoms with E-state index >= 15 is 0 Å². The van der Waals surface area contributed by atoms with Gasteiger partial charge < -0.3 is 20.5 Å². The first kappa shape index (κ1) is 18.0. The Morgan fingerprint density at radius 2 is 2.20 bits per heavy atom. The van der Waals surface area contributed by atoms with Crippen LogP contribution >= 0.6 is 0 Å². The third-order valence-corrected chi connectivity index (χ3v) is 4.51. The van der Waals surface area contributed by atoms with Crippen molar-refractivity contribution in [3.63, 3.8) is 0 Å². The number of ether oxygens (including phenoxy) is 1. The van der Waals surface area contributed by atoms with Crippen LogP contribution in [0.15, 0.2) is 18.2 Å². The second kappa shape index (κ2) is 8.05. The number of rotatable bonds is 6. The topological polar surface area (TPSA) is 94.7 Å². The average Bonchev–Trinajstić information content (AvgIpc) is 3.05. The zero-order chi connectivity index (χ0) is 17.8. The summed E-state index contributed by atoms with van der Waals surface area (Å²) in [6.07, 6.45) is -0.0155. The molecule has 0 saturated carbocycles. The Hall–Kier alpha value is -1.81. The fourth-order valence-corrected chi connectivity index (χ4v) is 3.12. The third kappa shape index (κ3) is 4.43. The van der Waals surface area contributed by atoms with E-state index in [0.717, 1.165) is 31.6 Å². The van der Waals surface area contributed by atoms with Gasteiger partial charge in [-0.1, -0.05) is 0 Å². The number of hydrogen-bond donors (Lipinski definition) is 5. The molecule has 3 rings (SSSR count). The van der Waals surface area contributed by atoms with Gasteiger partial charge in [-0.15, -0.1) is 0 Å². The second-order valence-corrected chi connectivity index (χ2v) is 6.32. The summed E-state index contributed by atoms with van der Waals surface area (Å²) in [5, 5.41) is 15.8. The highest BCUT2D eigenvalue weighted by Crippen LogP contribution is 2.20. The number of carbonyl (C=O) groups is 1. The summed E-state index contributed by atoms with van der Waals surface area (Å²) in [6, 6.07) is 3.03. The number of piperidine rings is 1. The maximum atomic E-state index is 13.1. The maximum absolute atomic E-state index is 13.1. The first-order chi connectivity index (χ1) is 12.0. The van der Waals surface area contributed by atoms with E-state index in [2.05, 4.69) is 21.5 Å². The summed E-state index contributed by atoms with van der Waals surface area (Å²) >= 11 is 0. The Labute approximate surface area is 144 Å². The normalized spacial score (nSPS) is 26.8. The van der Waals surface area contributed by atoms with Gasteiger partial charge >= 0.3 is 0 Å². The van der Waals surface area contributed by atoms with Gasteiger partial charge in [-0.25, -0.2) is 14.2 Å². The van der Waals surface area contributed by atoms with E-state index in [1.54, 1.807) is 0 Å². The molecule has 1 amide bonds. The van der Waals surface area contributed by atoms with Gasteiger partial charge in [0.15, 0.2) is 11.6 Å². The largest absolute Gasteiger partial charge is 0.491 e. The van der Waals surface area contributed by atoms with Crippen LogP contribution < -0.4 is 26.2 Å². The van der Waals surface area contributed by atoms with Crippen molar-refractivity contribution in [3.8, 4) is 5.75 Å². The Morgan fingerprint density at radius 3 is 3.00 bits per heavy atom. The number of benzene rings is 1. The minimum Gasteiger partial charge on any atom is -0.491 e. The number of aliphatic hydroxyl groups excluding tert-OH is 1. The van der Waals surface area contributed by atoms with Gasteiger partial charge in [0.1, 0.15) is 24.5 Å². The Kier molecular flexibility index (Phi) is 5.79. The van der Waals surface area contributed by atoms with Crippen LogP contribution in [0.25, 0.3) is 0 Å². The summed E-state index contributed by atoms with van der Waals surface area (Å²) in [6.45, 7) is 1.54. The summed E-state index contributed by atoms with van der Waals surface area (Å²) in [4.78, 5) is 12.3. The standard InChI is InChI=1S/C16H22F2N4O3/c17-12-2-1-10(5-13(12)18)25-8-9(23)6-20-16(24)15-11-7-19-4-3-14(11)21-22-15/h1-2,5,9,11,14-15,19,21-23H,3-4,6-8H2,(H,20,24). The van der Waals surface area contributed by atoms with E-state index in [4.69, 9.17) is 4.74 Å². The minimum atomic E-state index is -1.02. The van der Waals surface area contributed by atoms with E-state index in [1.807, 2.05) is 0 Å². The number of nitrogens with one attached hydrogen (secondary N) is 4. The number of halogens is 2. The highest BCUT2D eigenvalue weighted by molar-refractivity contribution is 5.82. The molecule has 0 aliphatic carbocycles. The van der Waals surface area contributed by atoms with Gasteiger partial charge in [0.25, 0.3) is 0 Å². The molecule has 2 fully saturated rings. The van der Waals surface area contributed by atoms with Crippen LogP contribution in [0.3, 0.4) is 0 Å². The van der Waals surface area contributed by atoms with E-state index in [9.17, 15) is 18.7 Å². The molecule has 25 heavy (non-hydrogen) atoms. The fourth-order valence-electron chi connectivity index (χ4n) is 3.12. The molecule has 7 nitrogen and oxygen atoms in total. The van der Waals surface area contributed by atoms with Crippen molar-refractivity contribution in [2.24, 2.45) is 5.92 Å². The van der Waals surface area contributed by atoms with Crippen LogP contribution in [0.4, 0.5) is 8.78 Å². The maximum Gasteiger partial charge on any atom is 0.238 e. The summed E-state index contributed by atoms with van der Waals surface area (Å²) in [7, 11) is 0. The molecule has 2 aliphatic rings. The number of amides is 1. The van der Waals surface area contributed by atoms with Crippen LogP contribution in [0.1, 0.15) is 6.42 Å². The minimum absolute atomic E-state index is 0.00546. The Bertz CT molecular complexity index is 619. The number of carbonyl (C=O) groups excluding carboxylic acids is 1. The van der Waals surface area contributed by atoms with Gasteiger partial charge in [0.05, 0.1) is 0 Å². The Morgan fingerprint density at radius 1 is 1.36 bits per heavy atom. The van der Waals surface area contributed by atoms with Gasteiger partial charge in [-0.2, -0.15) is 0 Å². The molecule has 2 heterocycles. The molecule has 0 aromatic heterocycles. The predicted molar refractivity (Wildman–Crippen MR) is 85.7 cm³/mol. The predicted octanol–water partition coefficient (Wildman–Crippen LogP) is -0.725. The smallest absolute Gasteiger partial charge is 0.238 e. The van der Waals surface area contributed by atoms with Crippen LogP contribution in [-0.2, 0) is 4.79 Å². The SMILES string of the molecule is O=C(NCC(O)COc1ccc(F)c(F)c1)C1NNC2CCNCC21. The van der Waals surface area contributed by atoms with Crippen LogP contribution in [-0.4, -0.2) is 55.4 Å². The van der Waals surface area contributed by atoms with Crippen molar-refractivity contribution in [1.29, 1.82) is 0 Å². The molecule has 138 valence electrons. The van der Waals surface area contributed by atoms with Crippen molar-refractivity contribution < 1.29 is 23.4 Å². The monoisotopic (exact) mass is 356 g/mol. The molecule has 0 bridgehead atoms. The lowest BCUT2D eigenvalue weighted by Gasteiger charge is -2.27. The molecular weight excluding hydrogens is 334 g/mol. The molecule has 4 atom stereocenters. The van der Waals surface area contributed by atoms with E-state index in [1.165, 1.54) is 6.07 Å². The van der Waals surface area contributed by atoms with E-state index < -0.39 is 17.7 Å². The lowest BCUT2D eigenvalue weighted by atomic mass is 9.89. The Balaban J connectivity index is 1.41. The lowest BCUT2D eigenvalue weighted by molar-refractivity contribution is -0.124.